The lowest BCUT2D eigenvalue weighted by Crippen LogP contribution is -2.44. The van der Waals surface area contributed by atoms with E-state index in [1.54, 1.807) is 4.90 Å². The largest absolute Gasteiger partial charge is 0.465 e. The van der Waals surface area contributed by atoms with E-state index in [1.165, 1.54) is 18.4 Å². The number of hydrogen-bond donors (Lipinski definition) is 1. The summed E-state index contributed by atoms with van der Waals surface area (Å²) < 4.78 is 5.06. The van der Waals surface area contributed by atoms with Crippen LogP contribution in [0.25, 0.3) is 0 Å². The number of aryl methyl sites for hydroxylation is 2. The first kappa shape index (κ1) is 25.0. The molecule has 1 heterocycles. The highest BCUT2D eigenvalue weighted by Crippen LogP contribution is 2.37. The second kappa shape index (κ2) is 10.1. The smallest absolute Gasteiger partial charge is 0.350 e. The van der Waals surface area contributed by atoms with Crippen LogP contribution in [0.3, 0.4) is 0 Å². The zero-order valence-corrected chi connectivity index (χ0v) is 21.1. The summed E-state index contributed by atoms with van der Waals surface area (Å²) in [5, 5.41) is 10.0. The average Bonchev–Trinajstić information content (AvgIpc) is 3.16. The highest BCUT2D eigenvalue weighted by Gasteiger charge is 2.34. The Morgan fingerprint density at radius 1 is 1.12 bits per heavy atom. The van der Waals surface area contributed by atoms with Crippen LogP contribution < -0.4 is 4.90 Å². The minimum absolute atomic E-state index is 0.122. The second-order valence-electron chi connectivity index (χ2n) is 9.77. The van der Waals surface area contributed by atoms with Crippen LogP contribution in [0.5, 0.6) is 0 Å². The lowest BCUT2D eigenvalue weighted by atomic mass is 9.90. The lowest BCUT2D eigenvalue weighted by Gasteiger charge is -2.36. The normalized spacial score (nSPS) is 18.3. The number of ether oxygens (including phenoxy) is 1. The predicted molar refractivity (Wildman–Crippen MR) is 133 cm³/mol. The Labute approximate surface area is 200 Å². The van der Waals surface area contributed by atoms with Gasteiger partial charge in [0.15, 0.2) is 0 Å². The number of methoxy groups -OCH3 is 1. The molecule has 1 N–H and O–H groups in total. The van der Waals surface area contributed by atoms with Crippen LogP contribution in [0.15, 0.2) is 24.3 Å². The Kier molecular flexibility index (Phi) is 7.66. The third-order valence-corrected chi connectivity index (χ3v) is 6.79. The van der Waals surface area contributed by atoms with Gasteiger partial charge in [-0.2, -0.15) is 0 Å². The molecule has 0 bridgehead atoms. The number of rotatable bonds is 4. The summed E-state index contributed by atoms with van der Waals surface area (Å²) in [5.74, 6) is 5.75. The number of esters is 1. The summed E-state index contributed by atoms with van der Waals surface area (Å²) in [5.41, 5.74) is 2.93. The molecule has 1 aromatic carbocycles. The van der Waals surface area contributed by atoms with E-state index in [-0.39, 0.29) is 23.5 Å². The number of benzene rings is 1. The number of aliphatic hydroxyl groups is 1. The fourth-order valence-electron chi connectivity index (χ4n) is 4.08. The highest BCUT2D eigenvalue weighted by atomic mass is 32.1. The summed E-state index contributed by atoms with van der Waals surface area (Å²) >= 11 is 1.25. The van der Waals surface area contributed by atoms with Crippen molar-refractivity contribution in [3.8, 4) is 11.8 Å². The molecule has 0 saturated heterocycles. The molecule has 176 valence electrons. The molecule has 33 heavy (non-hydrogen) atoms. The monoisotopic (exact) mass is 467 g/mol. The standard InChI is InChI=1S/C27H33NO4S/c1-17-7-12-22(18(2)15-17)25(30)28(19-8-10-20(29)11-9-19)23-16-21(13-14-27(3,4)5)33-24(23)26(31)32-6/h7,12,15-16,19-20,29H,8-11H2,1-6H3. The molecule has 1 fully saturated rings. The maximum absolute atomic E-state index is 13.9. The lowest BCUT2D eigenvalue weighted by molar-refractivity contribution is 0.0606. The number of anilines is 1. The van der Waals surface area contributed by atoms with Gasteiger partial charge in [0.1, 0.15) is 4.88 Å². The molecule has 1 aromatic heterocycles. The quantitative estimate of drug-likeness (QED) is 0.476. The van der Waals surface area contributed by atoms with Crippen LogP contribution in [0, 0.1) is 31.1 Å². The Balaban J connectivity index is 2.14. The molecule has 1 saturated carbocycles. The van der Waals surface area contributed by atoms with Crippen molar-refractivity contribution in [1.82, 2.24) is 0 Å². The first-order valence-corrected chi connectivity index (χ1v) is 12.2. The Morgan fingerprint density at radius 3 is 2.36 bits per heavy atom. The SMILES string of the molecule is COC(=O)c1sc(C#CC(C)(C)C)cc1N(C(=O)c1ccc(C)cc1C)C1CCC(O)CC1. The van der Waals surface area contributed by atoms with E-state index in [4.69, 9.17) is 4.74 Å². The van der Waals surface area contributed by atoms with Gasteiger partial charge in [0, 0.05) is 17.0 Å². The van der Waals surface area contributed by atoms with Gasteiger partial charge in [-0.25, -0.2) is 4.79 Å². The molecule has 0 aliphatic heterocycles. The summed E-state index contributed by atoms with van der Waals surface area (Å²) in [4.78, 5) is 29.5. The number of carbonyl (C=O) groups excluding carboxylic acids is 2. The number of amides is 1. The maximum atomic E-state index is 13.9. The van der Waals surface area contributed by atoms with E-state index in [0.29, 0.717) is 41.8 Å². The molecule has 6 heteroatoms. The summed E-state index contributed by atoms with van der Waals surface area (Å²) in [6, 6.07) is 7.48. The number of nitrogens with zero attached hydrogens (tertiary/aromatic N) is 1. The number of aliphatic hydroxyl groups excluding tert-OH is 1. The van der Waals surface area contributed by atoms with Crippen molar-refractivity contribution in [3.63, 3.8) is 0 Å². The fourth-order valence-corrected chi connectivity index (χ4v) is 5.00. The first-order chi connectivity index (χ1) is 15.5. The molecule has 5 nitrogen and oxygen atoms in total. The van der Waals surface area contributed by atoms with Crippen LogP contribution >= 0.6 is 11.3 Å². The third kappa shape index (κ3) is 6.04. The van der Waals surface area contributed by atoms with Crippen LogP contribution in [0.1, 0.15) is 82.5 Å². The summed E-state index contributed by atoms with van der Waals surface area (Å²) in [6.07, 6.45) is 2.22. The number of thiophene rings is 1. The summed E-state index contributed by atoms with van der Waals surface area (Å²) in [6.45, 7) is 10.0. The van der Waals surface area contributed by atoms with Crippen LogP contribution in [0.4, 0.5) is 5.69 Å². The molecule has 0 radical (unpaired) electrons. The van der Waals surface area contributed by atoms with Gasteiger partial charge in [0.25, 0.3) is 5.91 Å². The molecule has 1 aliphatic carbocycles. The van der Waals surface area contributed by atoms with Crippen molar-refractivity contribution in [2.75, 3.05) is 12.0 Å². The van der Waals surface area contributed by atoms with E-state index in [0.717, 1.165) is 16.0 Å². The Morgan fingerprint density at radius 2 is 1.79 bits per heavy atom. The van der Waals surface area contributed by atoms with Gasteiger partial charge in [-0.05, 0) is 78.0 Å². The van der Waals surface area contributed by atoms with Gasteiger partial charge in [0.05, 0.1) is 23.8 Å². The molecule has 1 aliphatic rings. The van der Waals surface area contributed by atoms with Crippen molar-refractivity contribution >= 4 is 28.9 Å². The van der Waals surface area contributed by atoms with Crippen LogP contribution in [0.2, 0.25) is 0 Å². The van der Waals surface area contributed by atoms with Crippen molar-refractivity contribution in [2.45, 2.75) is 72.4 Å². The molecule has 1 amide bonds. The van der Waals surface area contributed by atoms with Crippen molar-refractivity contribution in [2.24, 2.45) is 5.41 Å². The van der Waals surface area contributed by atoms with E-state index in [1.807, 2.05) is 58.9 Å². The van der Waals surface area contributed by atoms with Gasteiger partial charge in [-0.3, -0.25) is 4.79 Å². The highest BCUT2D eigenvalue weighted by molar-refractivity contribution is 7.15. The van der Waals surface area contributed by atoms with E-state index >= 15 is 0 Å². The molecule has 0 unspecified atom stereocenters. The molecule has 0 atom stereocenters. The van der Waals surface area contributed by atoms with Crippen LogP contribution in [-0.4, -0.2) is 36.2 Å². The van der Waals surface area contributed by atoms with Crippen molar-refractivity contribution < 1.29 is 19.4 Å². The second-order valence-corrected chi connectivity index (χ2v) is 10.8. The van der Waals surface area contributed by atoms with Crippen LogP contribution in [-0.2, 0) is 4.74 Å². The van der Waals surface area contributed by atoms with E-state index in [2.05, 4.69) is 11.8 Å². The number of hydrogen-bond acceptors (Lipinski definition) is 5. The molecule has 3 rings (SSSR count). The Hall–Kier alpha value is -2.62. The zero-order valence-electron chi connectivity index (χ0n) is 20.3. The molecular formula is C27H33NO4S. The first-order valence-electron chi connectivity index (χ1n) is 11.3. The molecule has 0 spiro atoms. The van der Waals surface area contributed by atoms with Crippen molar-refractivity contribution in [3.05, 3.63) is 50.7 Å². The summed E-state index contributed by atoms with van der Waals surface area (Å²) in [7, 11) is 1.35. The Bertz CT molecular complexity index is 1090. The topological polar surface area (TPSA) is 66.8 Å². The maximum Gasteiger partial charge on any atom is 0.350 e. The number of carbonyl (C=O) groups is 2. The zero-order chi connectivity index (χ0) is 24.3. The fraction of sp³-hybridized carbons (Fsp3) is 0.481. The predicted octanol–water partition coefficient (Wildman–Crippen LogP) is 5.50. The van der Waals surface area contributed by atoms with Gasteiger partial charge in [-0.1, -0.05) is 29.5 Å². The van der Waals surface area contributed by atoms with Crippen molar-refractivity contribution in [1.29, 1.82) is 0 Å². The minimum Gasteiger partial charge on any atom is -0.465 e. The average molecular weight is 468 g/mol. The van der Waals surface area contributed by atoms with E-state index < -0.39 is 5.97 Å². The van der Waals surface area contributed by atoms with Gasteiger partial charge >= 0.3 is 5.97 Å². The molecular weight excluding hydrogens is 434 g/mol. The van der Waals surface area contributed by atoms with Gasteiger partial charge in [0.2, 0.25) is 0 Å². The van der Waals surface area contributed by atoms with Gasteiger partial charge < -0.3 is 14.7 Å². The third-order valence-electron chi connectivity index (χ3n) is 5.77. The molecule has 2 aromatic rings. The van der Waals surface area contributed by atoms with Gasteiger partial charge in [-0.15, -0.1) is 11.3 Å². The minimum atomic E-state index is -0.479. The van der Waals surface area contributed by atoms with E-state index in [9.17, 15) is 14.7 Å².